The average molecular weight is 422 g/mol. The Labute approximate surface area is 179 Å². The van der Waals surface area contributed by atoms with Gasteiger partial charge in [0.15, 0.2) is 5.78 Å². The number of hydrogen-bond donors (Lipinski definition) is 0. The lowest BCUT2D eigenvalue weighted by molar-refractivity contribution is -0.112. The molecule has 30 heavy (non-hydrogen) atoms. The number of carbonyl (C=O) groups excluding carboxylic acids is 1. The van der Waals surface area contributed by atoms with Crippen molar-refractivity contribution in [1.82, 2.24) is 10.2 Å². The van der Waals surface area contributed by atoms with E-state index in [0.717, 1.165) is 22.7 Å². The summed E-state index contributed by atoms with van der Waals surface area (Å²) in [7, 11) is 3.62. The number of anilines is 1. The monoisotopic (exact) mass is 421 g/mol. The van der Waals surface area contributed by atoms with E-state index in [-0.39, 0.29) is 17.0 Å². The van der Waals surface area contributed by atoms with Crippen molar-refractivity contribution in [2.75, 3.05) is 24.8 Å². The molecule has 1 aliphatic rings. The van der Waals surface area contributed by atoms with E-state index in [1.54, 1.807) is 13.2 Å². The largest absolute Gasteiger partial charge is 0.497 e. The summed E-state index contributed by atoms with van der Waals surface area (Å²) in [4.78, 5) is 14.8. The van der Waals surface area contributed by atoms with Gasteiger partial charge in [-0.25, -0.2) is 0 Å². The van der Waals surface area contributed by atoms with Gasteiger partial charge in [0.1, 0.15) is 5.75 Å². The van der Waals surface area contributed by atoms with E-state index < -0.39 is 0 Å². The molecule has 3 aromatic rings. The Morgan fingerprint density at radius 2 is 1.90 bits per heavy atom. The molecule has 6 nitrogen and oxygen atoms in total. The van der Waals surface area contributed by atoms with Crippen LogP contribution < -0.4 is 9.64 Å². The first-order chi connectivity index (χ1) is 14.4. The second kappa shape index (κ2) is 7.99. The number of methoxy groups -OCH3 is 1. The van der Waals surface area contributed by atoms with Crippen LogP contribution in [-0.4, -0.2) is 35.9 Å². The van der Waals surface area contributed by atoms with Crippen molar-refractivity contribution in [2.45, 2.75) is 24.5 Å². The lowest BCUT2D eigenvalue weighted by Gasteiger charge is -2.23. The predicted molar refractivity (Wildman–Crippen MR) is 118 cm³/mol. The average Bonchev–Trinajstić information content (AvgIpc) is 3.30. The Morgan fingerprint density at radius 3 is 2.60 bits per heavy atom. The van der Waals surface area contributed by atoms with Gasteiger partial charge in [0.05, 0.1) is 12.9 Å². The summed E-state index contributed by atoms with van der Waals surface area (Å²) in [6, 6.07) is 15.6. The van der Waals surface area contributed by atoms with Crippen molar-refractivity contribution in [3.8, 4) is 17.2 Å². The van der Waals surface area contributed by atoms with E-state index in [0.29, 0.717) is 11.1 Å². The number of allylic oxidation sites excluding steroid dienone is 2. The van der Waals surface area contributed by atoms with Crippen LogP contribution in [0.2, 0.25) is 0 Å². The molecule has 0 spiro atoms. The first-order valence-corrected chi connectivity index (χ1v) is 10.6. The second-order valence-corrected chi connectivity index (χ2v) is 8.51. The Morgan fingerprint density at radius 1 is 1.17 bits per heavy atom. The van der Waals surface area contributed by atoms with Crippen LogP contribution in [0.1, 0.15) is 19.4 Å². The number of aromatic nitrogens is 2. The summed E-state index contributed by atoms with van der Waals surface area (Å²) in [5.74, 6) is 1.41. The van der Waals surface area contributed by atoms with Gasteiger partial charge in [-0.1, -0.05) is 43.8 Å². The standard InChI is InChI=1S/C23H23N3O3S/c1-23(2)18-7-5-6-8-19(18)26(3)20(23)13-16(27)14-30-22-25-24-21(29-22)15-9-11-17(28-4)12-10-15/h5-13H,14H2,1-4H3. The van der Waals surface area contributed by atoms with Crippen LogP contribution in [0.25, 0.3) is 11.5 Å². The topological polar surface area (TPSA) is 68.5 Å². The van der Waals surface area contributed by atoms with Crippen LogP contribution in [0.5, 0.6) is 5.75 Å². The van der Waals surface area contributed by atoms with Crippen molar-refractivity contribution >= 4 is 23.2 Å². The lowest BCUT2D eigenvalue weighted by atomic mass is 9.83. The quantitative estimate of drug-likeness (QED) is 0.421. The van der Waals surface area contributed by atoms with E-state index in [4.69, 9.17) is 9.15 Å². The van der Waals surface area contributed by atoms with Gasteiger partial charge in [-0.3, -0.25) is 4.79 Å². The number of nitrogens with zero attached hydrogens (tertiary/aromatic N) is 3. The van der Waals surface area contributed by atoms with Crippen LogP contribution in [0.15, 0.2) is 69.9 Å². The highest BCUT2D eigenvalue weighted by molar-refractivity contribution is 7.99. The van der Waals surface area contributed by atoms with Gasteiger partial charge < -0.3 is 14.1 Å². The summed E-state index contributed by atoms with van der Waals surface area (Å²) in [6.07, 6.45) is 1.73. The molecule has 0 unspecified atom stereocenters. The molecule has 0 bridgehead atoms. The zero-order chi connectivity index (χ0) is 21.3. The van der Waals surface area contributed by atoms with Gasteiger partial charge in [0, 0.05) is 35.5 Å². The van der Waals surface area contributed by atoms with Gasteiger partial charge in [0.2, 0.25) is 5.89 Å². The number of hydrogen-bond acceptors (Lipinski definition) is 7. The number of para-hydroxylation sites is 1. The fraction of sp³-hybridized carbons (Fsp3) is 0.261. The number of rotatable bonds is 6. The van der Waals surface area contributed by atoms with Gasteiger partial charge >= 0.3 is 0 Å². The molecule has 1 aromatic heterocycles. The first kappa shape index (κ1) is 20.2. The van der Waals surface area contributed by atoms with Crippen molar-refractivity contribution in [2.24, 2.45) is 0 Å². The molecule has 2 aromatic carbocycles. The number of ketones is 1. The highest BCUT2D eigenvalue weighted by atomic mass is 32.2. The van der Waals surface area contributed by atoms with Gasteiger partial charge in [-0.05, 0) is 35.9 Å². The maximum Gasteiger partial charge on any atom is 0.277 e. The zero-order valence-corrected chi connectivity index (χ0v) is 18.2. The number of thioether (sulfide) groups is 1. The minimum absolute atomic E-state index is 0.00642. The molecule has 0 radical (unpaired) electrons. The Balaban J connectivity index is 1.44. The molecule has 0 atom stereocenters. The number of benzene rings is 2. The van der Waals surface area contributed by atoms with Gasteiger partial charge in [-0.2, -0.15) is 0 Å². The summed E-state index contributed by atoms with van der Waals surface area (Å²) < 4.78 is 10.8. The summed E-state index contributed by atoms with van der Waals surface area (Å²) in [6.45, 7) is 4.28. The van der Waals surface area contributed by atoms with Gasteiger partial charge in [0.25, 0.3) is 5.22 Å². The van der Waals surface area contributed by atoms with E-state index in [1.165, 1.54) is 17.3 Å². The molecule has 2 heterocycles. The molecule has 7 heteroatoms. The maximum atomic E-state index is 12.7. The number of ether oxygens (including phenoxy) is 1. The highest BCUT2D eigenvalue weighted by Crippen LogP contribution is 2.46. The summed E-state index contributed by atoms with van der Waals surface area (Å²) in [5.41, 5.74) is 3.92. The molecule has 0 saturated heterocycles. The Bertz CT molecular complexity index is 1100. The molecule has 154 valence electrons. The Hall–Kier alpha value is -3.06. The minimum atomic E-state index is -0.225. The molecule has 0 N–H and O–H groups in total. The lowest BCUT2D eigenvalue weighted by Crippen LogP contribution is -2.24. The fourth-order valence-electron chi connectivity index (χ4n) is 3.70. The van der Waals surface area contributed by atoms with Crippen LogP contribution in [0.3, 0.4) is 0 Å². The first-order valence-electron chi connectivity index (χ1n) is 9.59. The molecular weight excluding hydrogens is 398 g/mol. The van der Waals surface area contributed by atoms with Gasteiger partial charge in [-0.15, -0.1) is 10.2 Å². The SMILES string of the molecule is COc1ccc(-c2nnc(SCC(=O)C=C3N(C)c4ccccc4C3(C)C)o2)cc1. The van der Waals surface area contributed by atoms with Crippen LogP contribution >= 0.6 is 11.8 Å². The smallest absolute Gasteiger partial charge is 0.277 e. The van der Waals surface area contributed by atoms with Crippen molar-refractivity contribution in [1.29, 1.82) is 0 Å². The molecule has 0 fully saturated rings. The van der Waals surface area contributed by atoms with Crippen LogP contribution in [0.4, 0.5) is 5.69 Å². The highest BCUT2D eigenvalue weighted by Gasteiger charge is 2.38. The Kier molecular flexibility index (Phi) is 5.39. The third-order valence-electron chi connectivity index (χ3n) is 5.32. The summed E-state index contributed by atoms with van der Waals surface area (Å²) in [5, 5.41) is 8.49. The second-order valence-electron chi connectivity index (χ2n) is 7.59. The minimum Gasteiger partial charge on any atom is -0.497 e. The van der Waals surface area contributed by atoms with E-state index in [2.05, 4.69) is 41.1 Å². The van der Waals surface area contributed by atoms with E-state index >= 15 is 0 Å². The normalized spacial score (nSPS) is 16.0. The summed E-state index contributed by atoms with van der Waals surface area (Å²) >= 11 is 1.24. The predicted octanol–water partition coefficient (Wildman–Crippen LogP) is 4.72. The number of fused-ring (bicyclic) bond motifs is 1. The van der Waals surface area contributed by atoms with Crippen molar-refractivity contribution in [3.63, 3.8) is 0 Å². The molecular formula is C23H23N3O3S. The third kappa shape index (κ3) is 3.73. The molecule has 4 rings (SSSR count). The molecule has 0 saturated carbocycles. The van der Waals surface area contributed by atoms with Crippen molar-refractivity contribution < 1.29 is 13.9 Å². The number of carbonyl (C=O) groups is 1. The molecule has 0 aliphatic carbocycles. The van der Waals surface area contributed by atoms with E-state index in [9.17, 15) is 4.79 Å². The zero-order valence-electron chi connectivity index (χ0n) is 17.4. The van der Waals surface area contributed by atoms with Crippen molar-refractivity contribution in [3.05, 3.63) is 65.9 Å². The maximum absolute atomic E-state index is 12.7. The molecule has 0 amide bonds. The van der Waals surface area contributed by atoms with Crippen LogP contribution in [0, 0.1) is 0 Å². The molecule has 1 aliphatic heterocycles. The third-order valence-corrected chi connectivity index (χ3v) is 6.16. The number of likely N-dealkylation sites (N-methyl/N-ethyl adjacent to an activating group) is 1. The van der Waals surface area contributed by atoms with Crippen LogP contribution in [-0.2, 0) is 10.2 Å². The van der Waals surface area contributed by atoms with E-state index in [1.807, 2.05) is 43.4 Å². The fourth-order valence-corrected chi connectivity index (χ4v) is 4.29.